The molecule has 0 amide bonds. The molecule has 2 nitrogen and oxygen atoms in total. The van der Waals surface area contributed by atoms with Crippen molar-refractivity contribution >= 4 is 23.2 Å². The molecule has 1 aliphatic carbocycles. The Kier molecular flexibility index (Phi) is 2.60. The molecule has 1 aliphatic rings. The molecule has 1 aromatic carbocycles. The van der Waals surface area contributed by atoms with Crippen LogP contribution < -0.4 is 5.73 Å². The lowest BCUT2D eigenvalue weighted by molar-refractivity contribution is 0.456. The van der Waals surface area contributed by atoms with Gasteiger partial charge in [-0.05, 0) is 30.9 Å². The third kappa shape index (κ3) is 1.83. The first-order chi connectivity index (χ1) is 6.59. The molecule has 2 rings (SSSR count). The van der Waals surface area contributed by atoms with Crippen molar-refractivity contribution in [1.29, 1.82) is 0 Å². The Morgan fingerprint density at radius 2 is 2.00 bits per heavy atom. The summed E-state index contributed by atoms with van der Waals surface area (Å²) in [6.45, 7) is 0. The van der Waals surface area contributed by atoms with Crippen molar-refractivity contribution < 1.29 is 5.11 Å². The maximum atomic E-state index is 9.70. The molecule has 0 heterocycles. The van der Waals surface area contributed by atoms with E-state index in [1.807, 2.05) is 0 Å². The average Bonchev–Trinajstić information content (AvgIpc) is 2.93. The number of rotatable bonds is 2. The van der Waals surface area contributed by atoms with Crippen molar-refractivity contribution in [2.45, 2.75) is 18.9 Å². The summed E-state index contributed by atoms with van der Waals surface area (Å²) >= 11 is 11.6. The van der Waals surface area contributed by atoms with Crippen LogP contribution in [0.1, 0.15) is 24.4 Å². The van der Waals surface area contributed by atoms with Gasteiger partial charge in [0.15, 0.2) is 0 Å². The molecule has 0 aliphatic heterocycles. The summed E-state index contributed by atoms with van der Waals surface area (Å²) in [6, 6.07) is 3.05. The van der Waals surface area contributed by atoms with Gasteiger partial charge in [0.25, 0.3) is 0 Å². The first-order valence-corrected chi connectivity index (χ1v) is 5.28. The van der Waals surface area contributed by atoms with Crippen LogP contribution in [-0.4, -0.2) is 5.11 Å². The lowest BCUT2D eigenvalue weighted by Crippen LogP contribution is -2.12. The average molecular weight is 232 g/mol. The number of phenolic OH excluding ortho intramolecular Hbond substituents is 1. The number of nitrogens with two attached hydrogens (primary N) is 1. The zero-order valence-corrected chi connectivity index (χ0v) is 9.02. The van der Waals surface area contributed by atoms with Gasteiger partial charge in [0.1, 0.15) is 5.75 Å². The molecule has 0 unspecified atom stereocenters. The second kappa shape index (κ2) is 3.61. The maximum Gasteiger partial charge on any atom is 0.139 e. The van der Waals surface area contributed by atoms with Gasteiger partial charge in [0.2, 0.25) is 0 Å². The zero-order valence-electron chi connectivity index (χ0n) is 7.50. The van der Waals surface area contributed by atoms with Gasteiger partial charge in [-0.2, -0.15) is 0 Å². The van der Waals surface area contributed by atoms with Crippen LogP contribution in [0.3, 0.4) is 0 Å². The Balaban J connectivity index is 2.39. The number of phenols is 1. The summed E-state index contributed by atoms with van der Waals surface area (Å²) in [5, 5.41) is 10.5. The maximum absolute atomic E-state index is 9.70. The predicted octanol–water partition coefficient (Wildman–Crippen LogP) is 3.11. The molecule has 1 saturated carbocycles. The first kappa shape index (κ1) is 10.1. The Hall–Kier alpha value is -0.440. The van der Waals surface area contributed by atoms with E-state index < -0.39 is 0 Å². The normalized spacial score (nSPS) is 18.2. The molecular formula is C10H11Cl2NO. The van der Waals surface area contributed by atoms with Gasteiger partial charge < -0.3 is 10.8 Å². The molecule has 1 atom stereocenters. The molecule has 0 radical (unpaired) electrons. The smallest absolute Gasteiger partial charge is 0.139 e. The van der Waals surface area contributed by atoms with Crippen LogP contribution in [0.4, 0.5) is 0 Å². The van der Waals surface area contributed by atoms with Crippen LogP contribution in [0.5, 0.6) is 5.75 Å². The highest BCUT2D eigenvalue weighted by Crippen LogP contribution is 2.44. The van der Waals surface area contributed by atoms with E-state index in [0.29, 0.717) is 16.5 Å². The monoisotopic (exact) mass is 231 g/mol. The molecule has 0 saturated heterocycles. The number of benzene rings is 1. The molecule has 1 fully saturated rings. The van der Waals surface area contributed by atoms with Crippen LogP contribution in [0.2, 0.25) is 10.0 Å². The largest absolute Gasteiger partial charge is 0.506 e. The summed E-state index contributed by atoms with van der Waals surface area (Å²) < 4.78 is 0. The van der Waals surface area contributed by atoms with Crippen molar-refractivity contribution in [1.82, 2.24) is 0 Å². The molecule has 4 heteroatoms. The zero-order chi connectivity index (χ0) is 10.3. The molecule has 14 heavy (non-hydrogen) atoms. The Morgan fingerprint density at radius 3 is 2.57 bits per heavy atom. The number of aromatic hydroxyl groups is 1. The van der Waals surface area contributed by atoms with Gasteiger partial charge in [0.05, 0.1) is 5.02 Å². The van der Waals surface area contributed by atoms with Crippen LogP contribution >= 0.6 is 23.2 Å². The van der Waals surface area contributed by atoms with Gasteiger partial charge in [0, 0.05) is 16.6 Å². The van der Waals surface area contributed by atoms with E-state index in [0.717, 1.165) is 12.8 Å². The molecular weight excluding hydrogens is 221 g/mol. The fraction of sp³-hybridized carbons (Fsp3) is 0.400. The Bertz CT molecular complexity index is 363. The van der Waals surface area contributed by atoms with Crippen molar-refractivity contribution in [3.05, 3.63) is 27.7 Å². The standard InChI is InChI=1S/C10H11Cl2NO/c11-6-3-7(9(13)5-1-2-5)10(14)8(12)4-6/h3-5,9,14H,1-2,13H2/t9-/m0/s1. The van der Waals surface area contributed by atoms with E-state index >= 15 is 0 Å². The highest BCUT2D eigenvalue weighted by atomic mass is 35.5. The summed E-state index contributed by atoms with van der Waals surface area (Å²) in [5.74, 6) is 0.533. The second-order valence-electron chi connectivity index (χ2n) is 3.69. The summed E-state index contributed by atoms with van der Waals surface area (Å²) in [5.41, 5.74) is 6.62. The lowest BCUT2D eigenvalue weighted by Gasteiger charge is -2.13. The highest BCUT2D eigenvalue weighted by Gasteiger charge is 2.31. The molecule has 76 valence electrons. The molecule has 0 aromatic heterocycles. The minimum Gasteiger partial charge on any atom is -0.506 e. The predicted molar refractivity (Wildman–Crippen MR) is 57.8 cm³/mol. The summed E-state index contributed by atoms with van der Waals surface area (Å²) in [4.78, 5) is 0. The number of halogens is 2. The van der Waals surface area contributed by atoms with E-state index in [4.69, 9.17) is 28.9 Å². The van der Waals surface area contributed by atoms with Crippen LogP contribution in [0.15, 0.2) is 12.1 Å². The Labute approximate surface area is 92.6 Å². The fourth-order valence-electron chi connectivity index (χ4n) is 1.55. The first-order valence-electron chi connectivity index (χ1n) is 4.53. The van der Waals surface area contributed by atoms with Gasteiger partial charge in [-0.3, -0.25) is 0 Å². The lowest BCUT2D eigenvalue weighted by atomic mass is 10.0. The fourth-order valence-corrected chi connectivity index (χ4v) is 2.06. The number of hydrogen-bond donors (Lipinski definition) is 2. The second-order valence-corrected chi connectivity index (χ2v) is 4.53. The topological polar surface area (TPSA) is 46.2 Å². The summed E-state index contributed by atoms with van der Waals surface area (Å²) in [6.07, 6.45) is 2.23. The Morgan fingerprint density at radius 1 is 1.36 bits per heavy atom. The van der Waals surface area contributed by atoms with Crippen molar-refractivity contribution in [2.75, 3.05) is 0 Å². The van der Waals surface area contributed by atoms with Gasteiger partial charge in [-0.1, -0.05) is 23.2 Å². The van der Waals surface area contributed by atoms with E-state index in [2.05, 4.69) is 0 Å². The van der Waals surface area contributed by atoms with Gasteiger partial charge >= 0.3 is 0 Å². The van der Waals surface area contributed by atoms with E-state index in [1.54, 1.807) is 6.07 Å². The third-order valence-electron chi connectivity index (χ3n) is 2.55. The minimum atomic E-state index is -0.147. The van der Waals surface area contributed by atoms with E-state index in [1.165, 1.54) is 6.07 Å². The van der Waals surface area contributed by atoms with Crippen LogP contribution in [-0.2, 0) is 0 Å². The van der Waals surface area contributed by atoms with Crippen molar-refractivity contribution in [2.24, 2.45) is 11.7 Å². The van der Waals surface area contributed by atoms with E-state index in [-0.39, 0.29) is 16.8 Å². The third-order valence-corrected chi connectivity index (χ3v) is 3.05. The minimum absolute atomic E-state index is 0.0652. The van der Waals surface area contributed by atoms with Crippen LogP contribution in [0, 0.1) is 5.92 Å². The summed E-state index contributed by atoms with van der Waals surface area (Å²) in [7, 11) is 0. The van der Waals surface area contributed by atoms with E-state index in [9.17, 15) is 5.11 Å². The molecule has 0 spiro atoms. The van der Waals surface area contributed by atoms with Crippen molar-refractivity contribution in [3.8, 4) is 5.75 Å². The molecule has 0 bridgehead atoms. The van der Waals surface area contributed by atoms with Crippen molar-refractivity contribution in [3.63, 3.8) is 0 Å². The SMILES string of the molecule is N[C@H](c1cc(Cl)cc(Cl)c1O)C1CC1. The number of hydrogen-bond acceptors (Lipinski definition) is 2. The van der Waals surface area contributed by atoms with Crippen LogP contribution in [0.25, 0.3) is 0 Å². The molecule has 3 N–H and O–H groups in total. The quantitative estimate of drug-likeness (QED) is 0.822. The van der Waals surface area contributed by atoms with Gasteiger partial charge in [-0.15, -0.1) is 0 Å². The van der Waals surface area contributed by atoms with Gasteiger partial charge in [-0.25, -0.2) is 0 Å². The highest BCUT2D eigenvalue weighted by molar-refractivity contribution is 6.35. The molecule has 1 aromatic rings.